The summed E-state index contributed by atoms with van der Waals surface area (Å²) in [6.07, 6.45) is 1.16. The van der Waals surface area contributed by atoms with Crippen LogP contribution >= 0.6 is 11.8 Å². The molecule has 1 rings (SSSR count). The minimum atomic E-state index is 0.845. The first-order valence-corrected chi connectivity index (χ1v) is 8.54. The zero-order valence-electron chi connectivity index (χ0n) is 12.6. The molecule has 19 heavy (non-hydrogen) atoms. The molecule has 0 aromatic carbocycles. The van der Waals surface area contributed by atoms with Gasteiger partial charge >= 0.3 is 0 Å². The highest BCUT2D eigenvalue weighted by Crippen LogP contribution is 2.15. The summed E-state index contributed by atoms with van der Waals surface area (Å²) < 4.78 is 5.79. The quantitative estimate of drug-likeness (QED) is 0.631. The summed E-state index contributed by atoms with van der Waals surface area (Å²) in [5.74, 6) is 4.30. The topological polar surface area (TPSA) is 28.4 Å². The second kappa shape index (κ2) is 10.4. The summed E-state index contributed by atoms with van der Waals surface area (Å²) in [5.41, 5.74) is 0. The maximum absolute atomic E-state index is 5.79. The summed E-state index contributed by atoms with van der Waals surface area (Å²) in [5, 5.41) is 3.35. The Balaban J connectivity index is 2.15. The van der Waals surface area contributed by atoms with Crippen molar-refractivity contribution in [3.8, 4) is 0 Å². The smallest absolute Gasteiger partial charge is 0.117 e. The average molecular weight is 284 g/mol. The summed E-state index contributed by atoms with van der Waals surface area (Å²) in [4.78, 5) is 2.45. The molecule has 110 valence electrons. The van der Waals surface area contributed by atoms with Crippen molar-refractivity contribution >= 4 is 11.8 Å². The second-order valence-electron chi connectivity index (χ2n) is 4.62. The molecule has 0 atom stereocenters. The van der Waals surface area contributed by atoms with E-state index < -0.39 is 0 Å². The van der Waals surface area contributed by atoms with E-state index in [1.54, 1.807) is 0 Å². The molecule has 0 amide bonds. The molecule has 0 saturated carbocycles. The highest BCUT2D eigenvalue weighted by atomic mass is 32.2. The standard InChI is InChI=1S/C15H28N2OS/c1-4-9-16-12-14-7-8-15(18-14)13-19-11-10-17(5-2)6-3/h7-8,16H,4-6,9-13H2,1-3H3. The molecule has 0 radical (unpaired) electrons. The number of thioether (sulfide) groups is 1. The first-order valence-electron chi connectivity index (χ1n) is 7.38. The number of rotatable bonds is 11. The predicted molar refractivity (Wildman–Crippen MR) is 84.7 cm³/mol. The van der Waals surface area contributed by atoms with E-state index in [0.29, 0.717) is 0 Å². The maximum Gasteiger partial charge on any atom is 0.117 e. The van der Waals surface area contributed by atoms with E-state index in [9.17, 15) is 0 Å². The zero-order valence-corrected chi connectivity index (χ0v) is 13.4. The number of nitrogens with zero attached hydrogens (tertiary/aromatic N) is 1. The fourth-order valence-corrected chi connectivity index (χ4v) is 2.78. The predicted octanol–water partition coefficient (Wildman–Crippen LogP) is 3.35. The van der Waals surface area contributed by atoms with Gasteiger partial charge < -0.3 is 14.6 Å². The highest BCUT2D eigenvalue weighted by Gasteiger charge is 2.03. The van der Waals surface area contributed by atoms with Gasteiger partial charge in [-0.05, 0) is 38.2 Å². The van der Waals surface area contributed by atoms with E-state index in [0.717, 1.165) is 49.9 Å². The molecule has 3 nitrogen and oxygen atoms in total. The van der Waals surface area contributed by atoms with Crippen LogP contribution in [0, 0.1) is 0 Å². The van der Waals surface area contributed by atoms with Gasteiger partial charge in [0.25, 0.3) is 0 Å². The third-order valence-corrected chi connectivity index (χ3v) is 4.09. The Hall–Kier alpha value is -0.450. The van der Waals surface area contributed by atoms with Crippen LogP contribution in [0.2, 0.25) is 0 Å². The fourth-order valence-electron chi connectivity index (χ4n) is 1.89. The van der Waals surface area contributed by atoms with Gasteiger partial charge in [0.2, 0.25) is 0 Å². The molecule has 0 saturated heterocycles. The zero-order chi connectivity index (χ0) is 13.9. The molecule has 1 heterocycles. The summed E-state index contributed by atoms with van der Waals surface area (Å²) in [7, 11) is 0. The van der Waals surface area contributed by atoms with Crippen molar-refractivity contribution in [1.82, 2.24) is 10.2 Å². The highest BCUT2D eigenvalue weighted by molar-refractivity contribution is 7.98. The van der Waals surface area contributed by atoms with E-state index in [4.69, 9.17) is 4.42 Å². The minimum absolute atomic E-state index is 0.845. The van der Waals surface area contributed by atoms with Crippen molar-refractivity contribution < 1.29 is 4.42 Å². The molecule has 4 heteroatoms. The van der Waals surface area contributed by atoms with Crippen LogP contribution in [0.5, 0.6) is 0 Å². The van der Waals surface area contributed by atoms with Crippen molar-refractivity contribution in [2.45, 2.75) is 39.5 Å². The van der Waals surface area contributed by atoms with Crippen LogP contribution in [-0.2, 0) is 12.3 Å². The molecule has 0 fully saturated rings. The van der Waals surface area contributed by atoms with Crippen LogP contribution in [0.15, 0.2) is 16.5 Å². The molecule has 1 aromatic rings. The lowest BCUT2D eigenvalue weighted by molar-refractivity contribution is 0.324. The largest absolute Gasteiger partial charge is 0.464 e. The van der Waals surface area contributed by atoms with Crippen molar-refractivity contribution in [2.24, 2.45) is 0 Å². The number of furan rings is 1. The molecule has 0 aliphatic rings. The molecule has 0 spiro atoms. The lowest BCUT2D eigenvalue weighted by atomic mass is 10.4. The third kappa shape index (κ3) is 7.04. The van der Waals surface area contributed by atoms with Crippen molar-refractivity contribution in [1.29, 1.82) is 0 Å². The number of hydrogen-bond donors (Lipinski definition) is 1. The van der Waals surface area contributed by atoms with Gasteiger partial charge in [0.15, 0.2) is 0 Å². The van der Waals surface area contributed by atoms with Crippen LogP contribution in [0.3, 0.4) is 0 Å². The fraction of sp³-hybridized carbons (Fsp3) is 0.733. The van der Waals surface area contributed by atoms with E-state index in [1.807, 2.05) is 11.8 Å². The molecular weight excluding hydrogens is 256 g/mol. The van der Waals surface area contributed by atoms with Crippen molar-refractivity contribution in [3.05, 3.63) is 23.7 Å². The van der Waals surface area contributed by atoms with Crippen LogP contribution in [0.4, 0.5) is 0 Å². The lowest BCUT2D eigenvalue weighted by Crippen LogP contribution is -2.25. The van der Waals surface area contributed by atoms with E-state index in [1.165, 1.54) is 12.3 Å². The molecule has 1 aromatic heterocycles. The van der Waals surface area contributed by atoms with Gasteiger partial charge in [0.1, 0.15) is 11.5 Å². The van der Waals surface area contributed by atoms with Crippen LogP contribution in [0.25, 0.3) is 0 Å². The molecule has 0 aliphatic heterocycles. The van der Waals surface area contributed by atoms with Gasteiger partial charge in [-0.2, -0.15) is 11.8 Å². The summed E-state index contributed by atoms with van der Waals surface area (Å²) in [6.45, 7) is 12.0. The summed E-state index contributed by atoms with van der Waals surface area (Å²) in [6, 6.07) is 4.19. The number of hydrogen-bond acceptors (Lipinski definition) is 4. The maximum atomic E-state index is 5.79. The third-order valence-electron chi connectivity index (χ3n) is 3.13. The van der Waals surface area contributed by atoms with Gasteiger partial charge in [-0.1, -0.05) is 20.8 Å². The van der Waals surface area contributed by atoms with Crippen molar-refractivity contribution in [3.63, 3.8) is 0 Å². The average Bonchev–Trinajstić information content (AvgIpc) is 2.87. The van der Waals surface area contributed by atoms with Gasteiger partial charge in [0, 0.05) is 12.3 Å². The molecular formula is C15H28N2OS. The first-order chi connectivity index (χ1) is 9.30. The monoisotopic (exact) mass is 284 g/mol. The number of nitrogens with one attached hydrogen (secondary N) is 1. The van der Waals surface area contributed by atoms with Crippen LogP contribution in [-0.4, -0.2) is 36.8 Å². The molecule has 1 N–H and O–H groups in total. The Kier molecular flexibility index (Phi) is 9.05. The van der Waals surface area contributed by atoms with Gasteiger partial charge in [-0.25, -0.2) is 0 Å². The first kappa shape index (κ1) is 16.6. The van der Waals surface area contributed by atoms with E-state index in [2.05, 4.69) is 43.1 Å². The Labute approximate surface area is 122 Å². The van der Waals surface area contributed by atoms with Gasteiger partial charge in [0.05, 0.1) is 12.3 Å². The molecule has 0 aliphatic carbocycles. The van der Waals surface area contributed by atoms with Crippen LogP contribution < -0.4 is 5.32 Å². The SMILES string of the molecule is CCCNCc1ccc(CSCCN(CC)CC)o1. The lowest BCUT2D eigenvalue weighted by Gasteiger charge is -2.16. The summed E-state index contributed by atoms with van der Waals surface area (Å²) >= 11 is 1.95. The Morgan fingerprint density at radius 3 is 2.58 bits per heavy atom. The Bertz CT molecular complexity index is 324. The molecule has 0 unspecified atom stereocenters. The van der Waals surface area contributed by atoms with E-state index >= 15 is 0 Å². The Morgan fingerprint density at radius 2 is 1.89 bits per heavy atom. The van der Waals surface area contributed by atoms with Crippen LogP contribution in [0.1, 0.15) is 38.7 Å². The Morgan fingerprint density at radius 1 is 1.16 bits per heavy atom. The minimum Gasteiger partial charge on any atom is -0.464 e. The normalized spacial score (nSPS) is 11.4. The van der Waals surface area contributed by atoms with Gasteiger partial charge in [-0.3, -0.25) is 0 Å². The van der Waals surface area contributed by atoms with Crippen molar-refractivity contribution in [2.75, 3.05) is 31.9 Å². The molecule has 0 bridgehead atoms. The van der Waals surface area contributed by atoms with Gasteiger partial charge in [-0.15, -0.1) is 0 Å². The second-order valence-corrected chi connectivity index (χ2v) is 5.73. The van der Waals surface area contributed by atoms with E-state index in [-0.39, 0.29) is 0 Å².